The molecule has 0 bridgehead atoms. The highest BCUT2D eigenvalue weighted by Crippen LogP contribution is 2.25. The van der Waals surface area contributed by atoms with Crippen molar-refractivity contribution in [2.75, 3.05) is 11.9 Å². The molecule has 0 unspecified atom stereocenters. The molecule has 26 heavy (non-hydrogen) atoms. The number of carbonyl (C=O) groups is 1. The van der Waals surface area contributed by atoms with Crippen LogP contribution in [0.1, 0.15) is 5.56 Å². The Morgan fingerprint density at radius 3 is 2.35 bits per heavy atom. The highest BCUT2D eigenvalue weighted by molar-refractivity contribution is 6.32. The van der Waals surface area contributed by atoms with E-state index in [1.54, 1.807) is 12.1 Å². The molecule has 1 amide bonds. The minimum absolute atomic E-state index is 0.175. The molecule has 3 aromatic carbocycles. The predicted molar refractivity (Wildman–Crippen MR) is 102 cm³/mol. The van der Waals surface area contributed by atoms with Gasteiger partial charge >= 0.3 is 0 Å². The normalized spacial score (nSPS) is 10.0. The maximum Gasteiger partial charge on any atom is 0.262 e. The van der Waals surface area contributed by atoms with E-state index in [2.05, 4.69) is 5.32 Å². The molecule has 0 spiro atoms. The number of halogens is 1. The molecule has 128 valence electrons. The molecule has 4 nitrogen and oxygen atoms in total. The second-order valence-electron chi connectivity index (χ2n) is 5.54. The molecule has 0 aliphatic rings. The third kappa shape index (κ3) is 4.41. The standard InChI is InChI=1S/C21H15ClN2O2/c22-19-12-15(13-23)6-11-20(19)26-14-21(25)24-18-9-7-17(8-10-18)16-4-2-1-3-5-16/h1-12H,14H2,(H,24,25). The van der Waals surface area contributed by atoms with Gasteiger partial charge < -0.3 is 10.1 Å². The lowest BCUT2D eigenvalue weighted by atomic mass is 10.1. The molecule has 5 heteroatoms. The summed E-state index contributed by atoms with van der Waals surface area (Å²) in [6.07, 6.45) is 0. The van der Waals surface area contributed by atoms with Crippen LogP contribution in [0.15, 0.2) is 72.8 Å². The van der Waals surface area contributed by atoms with Crippen molar-refractivity contribution in [1.82, 2.24) is 0 Å². The fourth-order valence-corrected chi connectivity index (χ4v) is 2.64. The number of amides is 1. The SMILES string of the molecule is N#Cc1ccc(OCC(=O)Nc2ccc(-c3ccccc3)cc2)c(Cl)c1. The van der Waals surface area contributed by atoms with Crippen LogP contribution in [-0.4, -0.2) is 12.5 Å². The molecule has 3 rings (SSSR count). The summed E-state index contributed by atoms with van der Waals surface area (Å²) < 4.78 is 5.41. The van der Waals surface area contributed by atoms with E-state index in [0.29, 0.717) is 22.0 Å². The number of nitrogens with zero attached hydrogens (tertiary/aromatic N) is 1. The molecule has 0 saturated heterocycles. The maximum absolute atomic E-state index is 12.0. The van der Waals surface area contributed by atoms with Gasteiger partial charge in [0.1, 0.15) is 5.75 Å². The van der Waals surface area contributed by atoms with Crippen molar-refractivity contribution in [3.8, 4) is 22.9 Å². The van der Waals surface area contributed by atoms with E-state index >= 15 is 0 Å². The average Bonchev–Trinajstić information content (AvgIpc) is 2.68. The zero-order valence-electron chi connectivity index (χ0n) is 13.8. The van der Waals surface area contributed by atoms with Crippen LogP contribution >= 0.6 is 11.6 Å². The molecule has 0 saturated carbocycles. The molecular weight excluding hydrogens is 348 g/mol. The zero-order valence-corrected chi connectivity index (χ0v) is 14.5. The first kappa shape index (κ1) is 17.5. The van der Waals surface area contributed by atoms with Crippen LogP contribution < -0.4 is 10.1 Å². The third-order valence-corrected chi connectivity index (χ3v) is 3.99. The van der Waals surface area contributed by atoms with Gasteiger partial charge in [-0.25, -0.2) is 0 Å². The van der Waals surface area contributed by atoms with E-state index in [1.165, 1.54) is 6.07 Å². The lowest BCUT2D eigenvalue weighted by molar-refractivity contribution is -0.118. The van der Waals surface area contributed by atoms with Crippen LogP contribution in [0.5, 0.6) is 5.75 Å². The number of nitrogens with one attached hydrogen (secondary N) is 1. The second-order valence-corrected chi connectivity index (χ2v) is 5.94. The Balaban J connectivity index is 1.58. The number of benzene rings is 3. The fraction of sp³-hybridized carbons (Fsp3) is 0.0476. The molecule has 0 aliphatic carbocycles. The number of hydrogen-bond donors (Lipinski definition) is 1. The lowest BCUT2D eigenvalue weighted by Gasteiger charge is -2.09. The minimum Gasteiger partial charge on any atom is -0.482 e. The largest absolute Gasteiger partial charge is 0.482 e. The second kappa shape index (κ2) is 8.19. The van der Waals surface area contributed by atoms with Crippen molar-refractivity contribution in [2.24, 2.45) is 0 Å². The zero-order chi connectivity index (χ0) is 18.4. The number of anilines is 1. The Bertz CT molecular complexity index is 948. The van der Waals surface area contributed by atoms with E-state index < -0.39 is 0 Å². The summed E-state index contributed by atoms with van der Waals surface area (Å²) in [7, 11) is 0. The Hall–Kier alpha value is -3.29. The van der Waals surface area contributed by atoms with Crippen molar-refractivity contribution in [2.45, 2.75) is 0 Å². The Kier molecular flexibility index (Phi) is 5.52. The van der Waals surface area contributed by atoms with Crippen LogP contribution in [0.25, 0.3) is 11.1 Å². The van der Waals surface area contributed by atoms with Gasteiger partial charge in [0.15, 0.2) is 6.61 Å². The van der Waals surface area contributed by atoms with Crippen LogP contribution in [0.3, 0.4) is 0 Å². The van der Waals surface area contributed by atoms with E-state index in [1.807, 2.05) is 60.7 Å². The first-order valence-corrected chi connectivity index (χ1v) is 8.31. The van der Waals surface area contributed by atoms with Gasteiger partial charge in [-0.2, -0.15) is 5.26 Å². The van der Waals surface area contributed by atoms with Gasteiger partial charge in [-0.3, -0.25) is 4.79 Å². The maximum atomic E-state index is 12.0. The van der Waals surface area contributed by atoms with Crippen molar-refractivity contribution in [1.29, 1.82) is 5.26 Å². The Labute approximate surface area is 156 Å². The smallest absolute Gasteiger partial charge is 0.262 e. The van der Waals surface area contributed by atoms with Crippen LogP contribution in [0.2, 0.25) is 5.02 Å². The van der Waals surface area contributed by atoms with Gasteiger partial charge in [0, 0.05) is 5.69 Å². The number of carbonyl (C=O) groups excluding carboxylic acids is 1. The molecule has 0 fully saturated rings. The first-order chi connectivity index (χ1) is 12.7. The van der Waals surface area contributed by atoms with Gasteiger partial charge in [-0.05, 0) is 41.5 Å². The quantitative estimate of drug-likeness (QED) is 0.702. The Morgan fingerprint density at radius 1 is 1.00 bits per heavy atom. The molecule has 0 radical (unpaired) electrons. The van der Waals surface area contributed by atoms with Crippen molar-refractivity contribution >= 4 is 23.2 Å². The topological polar surface area (TPSA) is 62.1 Å². The van der Waals surface area contributed by atoms with Crippen LogP contribution in [0.4, 0.5) is 5.69 Å². The van der Waals surface area contributed by atoms with Gasteiger partial charge in [-0.1, -0.05) is 54.1 Å². The van der Waals surface area contributed by atoms with Crippen LogP contribution in [-0.2, 0) is 4.79 Å². The molecule has 0 heterocycles. The van der Waals surface area contributed by atoms with E-state index in [9.17, 15) is 4.79 Å². The summed E-state index contributed by atoms with van der Waals surface area (Å²) in [6.45, 7) is -0.175. The van der Waals surface area contributed by atoms with Crippen LogP contribution in [0, 0.1) is 11.3 Å². The van der Waals surface area contributed by atoms with E-state index in [0.717, 1.165) is 11.1 Å². The summed E-state index contributed by atoms with van der Waals surface area (Å²) in [6, 6.07) is 24.2. The average molecular weight is 363 g/mol. The summed E-state index contributed by atoms with van der Waals surface area (Å²) in [5, 5.41) is 11.9. The van der Waals surface area contributed by atoms with E-state index in [-0.39, 0.29) is 12.5 Å². The number of nitriles is 1. The number of ether oxygens (including phenoxy) is 1. The number of rotatable bonds is 5. The summed E-state index contributed by atoms with van der Waals surface area (Å²) in [5.74, 6) is 0.0677. The predicted octanol–water partition coefficient (Wildman–Crippen LogP) is 4.90. The third-order valence-electron chi connectivity index (χ3n) is 3.70. The molecule has 1 N–H and O–H groups in total. The highest BCUT2D eigenvalue weighted by atomic mass is 35.5. The highest BCUT2D eigenvalue weighted by Gasteiger charge is 2.07. The lowest BCUT2D eigenvalue weighted by Crippen LogP contribution is -2.20. The molecular formula is C21H15ClN2O2. The van der Waals surface area contributed by atoms with Crippen molar-refractivity contribution < 1.29 is 9.53 Å². The Morgan fingerprint density at radius 2 is 1.69 bits per heavy atom. The summed E-state index contributed by atoms with van der Waals surface area (Å²) in [4.78, 5) is 12.0. The van der Waals surface area contributed by atoms with Gasteiger partial charge in [0.05, 0.1) is 16.7 Å². The van der Waals surface area contributed by atoms with Crippen molar-refractivity contribution in [3.05, 3.63) is 83.4 Å². The molecule has 3 aromatic rings. The first-order valence-electron chi connectivity index (χ1n) is 7.93. The molecule has 0 aliphatic heterocycles. The monoisotopic (exact) mass is 362 g/mol. The molecule has 0 aromatic heterocycles. The summed E-state index contributed by atoms with van der Waals surface area (Å²) >= 11 is 6.02. The van der Waals surface area contributed by atoms with Gasteiger partial charge in [0.25, 0.3) is 5.91 Å². The van der Waals surface area contributed by atoms with Gasteiger partial charge in [0.2, 0.25) is 0 Å². The molecule has 0 atom stereocenters. The summed E-state index contributed by atoms with van der Waals surface area (Å²) in [5.41, 5.74) is 3.31. The fourth-order valence-electron chi connectivity index (χ4n) is 2.40. The van der Waals surface area contributed by atoms with E-state index in [4.69, 9.17) is 21.6 Å². The minimum atomic E-state index is -0.294. The van der Waals surface area contributed by atoms with Crippen molar-refractivity contribution in [3.63, 3.8) is 0 Å². The number of hydrogen-bond acceptors (Lipinski definition) is 3. The van der Waals surface area contributed by atoms with Gasteiger partial charge in [-0.15, -0.1) is 0 Å².